The van der Waals surface area contributed by atoms with E-state index < -0.39 is 6.09 Å². The van der Waals surface area contributed by atoms with Crippen molar-refractivity contribution in [3.05, 3.63) is 15.9 Å². The molecule has 5 nitrogen and oxygen atoms in total. The summed E-state index contributed by atoms with van der Waals surface area (Å²) in [6, 6.07) is 0. The lowest BCUT2D eigenvalue weighted by Crippen LogP contribution is -2.19. The maximum Gasteiger partial charge on any atom is 0.407 e. The molecule has 1 N–H and O–H groups in total. The Morgan fingerprint density at radius 3 is 2.79 bits per heavy atom. The fourth-order valence-corrected chi connectivity index (χ4v) is 1.40. The molecule has 1 amide bonds. The number of amides is 1. The lowest BCUT2D eigenvalue weighted by Gasteiger charge is -2.00. The first-order valence-corrected chi connectivity index (χ1v) is 4.88. The van der Waals surface area contributed by atoms with Crippen LogP contribution in [0.5, 0.6) is 0 Å². The fourth-order valence-electron chi connectivity index (χ4n) is 0.949. The second kappa shape index (κ2) is 4.45. The number of alkyl carbamates (subject to hydrolysis) is 1. The molecule has 0 saturated carbocycles. The molecule has 0 saturated heterocycles. The molecule has 0 aromatic carbocycles. The largest absolute Gasteiger partial charge is 0.443 e. The van der Waals surface area contributed by atoms with Crippen LogP contribution in [-0.2, 0) is 18.4 Å². The molecule has 0 spiro atoms. The highest BCUT2D eigenvalue weighted by Gasteiger charge is 2.11. The summed E-state index contributed by atoms with van der Waals surface area (Å²) in [6.45, 7) is 2.10. The van der Waals surface area contributed by atoms with Gasteiger partial charge in [-0.3, -0.25) is 4.68 Å². The van der Waals surface area contributed by atoms with Crippen LogP contribution in [0.4, 0.5) is 4.79 Å². The lowest BCUT2D eigenvalue weighted by atomic mass is 10.4. The Kier molecular flexibility index (Phi) is 3.51. The molecule has 1 heterocycles. The summed E-state index contributed by atoms with van der Waals surface area (Å²) in [5.41, 5.74) is 1.72. The third-order valence-corrected chi connectivity index (χ3v) is 2.90. The molecule has 1 rings (SSSR count). The molecule has 0 fully saturated rings. The Labute approximate surface area is 90.6 Å². The Bertz CT molecular complexity index is 349. The maximum absolute atomic E-state index is 10.8. The van der Waals surface area contributed by atoms with E-state index in [-0.39, 0.29) is 6.61 Å². The standard InChI is InChI=1S/C8H12BrN3O2/c1-5-7(9)6(11-12(5)3)4-14-8(13)10-2/h4H2,1-3H3,(H,10,13). The summed E-state index contributed by atoms with van der Waals surface area (Å²) in [5.74, 6) is 0. The molecular formula is C8H12BrN3O2. The molecule has 0 atom stereocenters. The molecule has 0 aliphatic carbocycles. The quantitative estimate of drug-likeness (QED) is 0.875. The van der Waals surface area contributed by atoms with Crippen molar-refractivity contribution in [3.8, 4) is 0 Å². The van der Waals surface area contributed by atoms with Crippen LogP contribution in [0.3, 0.4) is 0 Å². The number of aromatic nitrogens is 2. The number of ether oxygens (including phenoxy) is 1. The van der Waals surface area contributed by atoms with Gasteiger partial charge < -0.3 is 10.1 Å². The van der Waals surface area contributed by atoms with Gasteiger partial charge in [0.2, 0.25) is 0 Å². The molecule has 1 aromatic rings. The van der Waals surface area contributed by atoms with Gasteiger partial charge in [0.25, 0.3) is 0 Å². The molecule has 14 heavy (non-hydrogen) atoms. The molecule has 78 valence electrons. The monoisotopic (exact) mass is 261 g/mol. The first kappa shape index (κ1) is 11.0. The van der Waals surface area contributed by atoms with Crippen LogP contribution in [0.1, 0.15) is 11.4 Å². The van der Waals surface area contributed by atoms with Crippen LogP contribution in [0.15, 0.2) is 4.47 Å². The number of aryl methyl sites for hydroxylation is 1. The third-order valence-electron chi connectivity index (χ3n) is 1.87. The summed E-state index contributed by atoms with van der Waals surface area (Å²) < 4.78 is 7.48. The molecule has 0 aliphatic heterocycles. The Morgan fingerprint density at radius 2 is 2.36 bits per heavy atom. The minimum Gasteiger partial charge on any atom is -0.443 e. The zero-order valence-corrected chi connectivity index (χ0v) is 9.88. The number of halogens is 1. The number of hydrogen-bond acceptors (Lipinski definition) is 3. The normalized spacial score (nSPS) is 10.0. The highest BCUT2D eigenvalue weighted by Crippen LogP contribution is 2.20. The van der Waals surface area contributed by atoms with Gasteiger partial charge in [-0.2, -0.15) is 5.10 Å². The van der Waals surface area contributed by atoms with Gasteiger partial charge in [0.1, 0.15) is 12.3 Å². The average molecular weight is 262 g/mol. The summed E-state index contributed by atoms with van der Waals surface area (Å²) in [4.78, 5) is 10.8. The number of carbonyl (C=O) groups is 1. The van der Waals surface area contributed by atoms with Gasteiger partial charge in [0, 0.05) is 19.8 Å². The lowest BCUT2D eigenvalue weighted by molar-refractivity contribution is 0.140. The van der Waals surface area contributed by atoms with Crippen LogP contribution in [0, 0.1) is 6.92 Å². The maximum atomic E-state index is 10.8. The molecule has 0 radical (unpaired) electrons. The molecular weight excluding hydrogens is 250 g/mol. The van der Waals surface area contributed by atoms with Crippen molar-refractivity contribution < 1.29 is 9.53 Å². The van der Waals surface area contributed by atoms with Crippen molar-refractivity contribution in [1.82, 2.24) is 15.1 Å². The Hall–Kier alpha value is -1.04. The molecule has 0 bridgehead atoms. The smallest absolute Gasteiger partial charge is 0.407 e. The van der Waals surface area contributed by atoms with Crippen molar-refractivity contribution in [1.29, 1.82) is 0 Å². The second-order valence-electron chi connectivity index (χ2n) is 2.80. The van der Waals surface area contributed by atoms with Crippen LogP contribution >= 0.6 is 15.9 Å². The number of carbonyl (C=O) groups excluding carboxylic acids is 1. The minimum atomic E-state index is -0.458. The molecule has 0 unspecified atom stereocenters. The number of rotatable bonds is 2. The number of hydrogen-bond donors (Lipinski definition) is 1. The van der Waals surface area contributed by atoms with E-state index in [2.05, 4.69) is 26.3 Å². The zero-order chi connectivity index (χ0) is 10.7. The number of nitrogens with one attached hydrogen (secondary N) is 1. The molecule has 6 heteroatoms. The van der Waals surface area contributed by atoms with Crippen molar-refractivity contribution in [2.24, 2.45) is 7.05 Å². The second-order valence-corrected chi connectivity index (χ2v) is 3.59. The van der Waals surface area contributed by atoms with Crippen molar-refractivity contribution >= 4 is 22.0 Å². The van der Waals surface area contributed by atoms with E-state index in [1.807, 2.05) is 14.0 Å². The van der Waals surface area contributed by atoms with E-state index in [9.17, 15) is 4.79 Å². The summed E-state index contributed by atoms with van der Waals surface area (Å²) in [6.07, 6.45) is -0.458. The SMILES string of the molecule is CNC(=O)OCc1nn(C)c(C)c1Br. The van der Waals surface area contributed by atoms with Gasteiger partial charge in [0.05, 0.1) is 4.47 Å². The van der Waals surface area contributed by atoms with E-state index in [0.29, 0.717) is 5.69 Å². The van der Waals surface area contributed by atoms with Gasteiger partial charge in [-0.05, 0) is 22.9 Å². The highest BCUT2D eigenvalue weighted by molar-refractivity contribution is 9.10. The van der Waals surface area contributed by atoms with Gasteiger partial charge in [-0.15, -0.1) is 0 Å². The van der Waals surface area contributed by atoms with Crippen molar-refractivity contribution in [2.45, 2.75) is 13.5 Å². The van der Waals surface area contributed by atoms with Gasteiger partial charge in [0.15, 0.2) is 0 Å². The van der Waals surface area contributed by atoms with Crippen LogP contribution < -0.4 is 5.32 Å². The average Bonchev–Trinajstić information content (AvgIpc) is 2.42. The fraction of sp³-hybridized carbons (Fsp3) is 0.500. The van der Waals surface area contributed by atoms with E-state index in [1.54, 1.807) is 4.68 Å². The van der Waals surface area contributed by atoms with E-state index >= 15 is 0 Å². The van der Waals surface area contributed by atoms with Crippen molar-refractivity contribution in [3.63, 3.8) is 0 Å². The predicted molar refractivity (Wildman–Crippen MR) is 54.9 cm³/mol. The van der Waals surface area contributed by atoms with Crippen LogP contribution in [-0.4, -0.2) is 22.9 Å². The van der Waals surface area contributed by atoms with E-state index in [1.165, 1.54) is 7.05 Å². The summed E-state index contributed by atoms with van der Waals surface area (Å²) in [7, 11) is 3.35. The number of nitrogens with zero attached hydrogens (tertiary/aromatic N) is 2. The topological polar surface area (TPSA) is 56.1 Å². The van der Waals surface area contributed by atoms with Gasteiger partial charge in [-0.1, -0.05) is 0 Å². The summed E-state index contributed by atoms with van der Waals surface area (Å²) in [5, 5.41) is 6.55. The zero-order valence-electron chi connectivity index (χ0n) is 8.30. The highest BCUT2D eigenvalue weighted by atomic mass is 79.9. The summed E-state index contributed by atoms with van der Waals surface area (Å²) >= 11 is 3.38. The molecule has 1 aromatic heterocycles. The van der Waals surface area contributed by atoms with E-state index in [0.717, 1.165) is 10.2 Å². The van der Waals surface area contributed by atoms with Crippen LogP contribution in [0.25, 0.3) is 0 Å². The first-order valence-electron chi connectivity index (χ1n) is 4.08. The Morgan fingerprint density at radius 1 is 1.71 bits per heavy atom. The third kappa shape index (κ3) is 2.25. The van der Waals surface area contributed by atoms with Gasteiger partial charge in [-0.25, -0.2) is 4.79 Å². The Balaban J connectivity index is 2.68. The van der Waals surface area contributed by atoms with Gasteiger partial charge >= 0.3 is 6.09 Å². The first-order chi connectivity index (χ1) is 6.56. The van der Waals surface area contributed by atoms with Crippen LogP contribution in [0.2, 0.25) is 0 Å². The predicted octanol–water partition coefficient (Wildman–Crippen LogP) is 1.35. The molecule has 0 aliphatic rings. The minimum absolute atomic E-state index is 0.169. The van der Waals surface area contributed by atoms with E-state index in [4.69, 9.17) is 4.74 Å². The van der Waals surface area contributed by atoms with Crippen molar-refractivity contribution in [2.75, 3.05) is 7.05 Å².